The first kappa shape index (κ1) is 19.8. The maximum atomic E-state index is 4.88. The summed E-state index contributed by atoms with van der Waals surface area (Å²) in [4.78, 5) is 9.76. The van der Waals surface area contributed by atoms with E-state index >= 15 is 0 Å². The maximum absolute atomic E-state index is 4.88. The molecule has 2 atom stereocenters. The van der Waals surface area contributed by atoms with Gasteiger partial charge in [-0.2, -0.15) is 0 Å². The Hall–Kier alpha value is -3.00. The van der Waals surface area contributed by atoms with Gasteiger partial charge in [-0.1, -0.05) is 85.0 Å². The van der Waals surface area contributed by atoms with E-state index in [0.29, 0.717) is 0 Å². The molecule has 0 heterocycles. The fraction of sp³-hybridized carbons (Fsp3) is 0.231. The summed E-state index contributed by atoms with van der Waals surface area (Å²) in [7, 11) is 0. The van der Waals surface area contributed by atoms with Crippen LogP contribution in [0, 0.1) is 0 Å². The minimum atomic E-state index is 0.0302. The fourth-order valence-electron chi connectivity index (χ4n) is 3.13. The Labute approximate surface area is 168 Å². The topological polar surface area (TPSA) is 24.7 Å². The quantitative estimate of drug-likeness (QED) is 0.525. The zero-order valence-electron chi connectivity index (χ0n) is 16.7. The second-order valence-corrected chi connectivity index (χ2v) is 7.05. The smallest absolute Gasteiger partial charge is 0.0945 e. The van der Waals surface area contributed by atoms with E-state index in [2.05, 4.69) is 85.9 Å². The highest BCUT2D eigenvalue weighted by Crippen LogP contribution is 2.15. The molecule has 3 rings (SSSR count). The van der Waals surface area contributed by atoms with E-state index in [1.165, 1.54) is 11.1 Å². The van der Waals surface area contributed by atoms with Crippen molar-refractivity contribution in [2.45, 2.75) is 38.8 Å². The molecular formula is C26H28N2. The molecule has 2 unspecified atom stereocenters. The third-order valence-electron chi connectivity index (χ3n) is 4.64. The maximum Gasteiger partial charge on any atom is 0.0945 e. The van der Waals surface area contributed by atoms with E-state index in [4.69, 9.17) is 9.98 Å². The van der Waals surface area contributed by atoms with Crippen LogP contribution in [0.2, 0.25) is 0 Å². The summed E-state index contributed by atoms with van der Waals surface area (Å²) in [5, 5.41) is 0. The third-order valence-corrected chi connectivity index (χ3v) is 4.64. The van der Waals surface area contributed by atoms with Gasteiger partial charge >= 0.3 is 0 Å². The monoisotopic (exact) mass is 368 g/mol. The Morgan fingerprint density at radius 1 is 0.857 bits per heavy atom. The number of benzene rings is 1. The van der Waals surface area contributed by atoms with Gasteiger partial charge in [0, 0.05) is 11.4 Å². The molecule has 0 bridgehead atoms. The van der Waals surface area contributed by atoms with Crippen molar-refractivity contribution in [1.82, 2.24) is 0 Å². The lowest BCUT2D eigenvalue weighted by molar-refractivity contribution is 0.704. The minimum absolute atomic E-state index is 0.0302. The number of hydrogen-bond donors (Lipinski definition) is 0. The van der Waals surface area contributed by atoms with Crippen LogP contribution in [0.3, 0.4) is 0 Å². The Kier molecular flexibility index (Phi) is 7.31. The van der Waals surface area contributed by atoms with Crippen LogP contribution >= 0.6 is 0 Å². The molecule has 1 aromatic carbocycles. The number of nitrogens with zero attached hydrogens (tertiary/aromatic N) is 2. The first-order valence-corrected chi connectivity index (χ1v) is 9.92. The highest BCUT2D eigenvalue weighted by atomic mass is 14.9. The van der Waals surface area contributed by atoms with Crippen molar-refractivity contribution in [1.29, 1.82) is 0 Å². The van der Waals surface area contributed by atoms with Gasteiger partial charge in [0.1, 0.15) is 0 Å². The number of hydrogen-bond acceptors (Lipinski definition) is 2. The van der Waals surface area contributed by atoms with Gasteiger partial charge in [-0.3, -0.25) is 9.98 Å². The molecule has 0 aliphatic heterocycles. The molecular weight excluding hydrogens is 340 g/mol. The van der Waals surface area contributed by atoms with Crippen LogP contribution in [-0.2, 0) is 0 Å². The molecule has 0 radical (unpaired) electrons. The van der Waals surface area contributed by atoms with E-state index < -0.39 is 0 Å². The number of aliphatic imine (C=N–C) groups is 2. The lowest BCUT2D eigenvalue weighted by atomic mass is 10.0. The second-order valence-electron chi connectivity index (χ2n) is 7.05. The van der Waals surface area contributed by atoms with Crippen molar-refractivity contribution in [3.05, 3.63) is 102 Å². The molecule has 0 saturated heterocycles. The molecule has 0 aromatic heterocycles. The van der Waals surface area contributed by atoms with Gasteiger partial charge in [0.25, 0.3) is 0 Å². The molecule has 1 aromatic rings. The standard InChI is InChI=1S/C26H28N2/c1-21(17-19-23-11-5-3-6-12-23)27-25-15-9-10-16-26(25)28-22(2)18-20-24-13-7-4-8-14-24/h3,5-7,9-20,25-26H,4,8H2,1-2H3/b19-17+,20-18+,27-21-,28-22-. The average molecular weight is 369 g/mol. The van der Waals surface area contributed by atoms with Crippen LogP contribution in [0.1, 0.15) is 32.3 Å². The van der Waals surface area contributed by atoms with Crippen LogP contribution in [0.25, 0.3) is 6.08 Å². The van der Waals surface area contributed by atoms with Crippen LogP contribution in [-0.4, -0.2) is 23.5 Å². The van der Waals surface area contributed by atoms with Crippen LogP contribution in [0.4, 0.5) is 0 Å². The Bertz CT molecular complexity index is 890. The van der Waals surface area contributed by atoms with Crippen molar-refractivity contribution in [2.24, 2.45) is 9.98 Å². The van der Waals surface area contributed by atoms with Gasteiger partial charge in [-0.05, 0) is 50.0 Å². The highest BCUT2D eigenvalue weighted by molar-refractivity contribution is 5.96. The molecule has 0 fully saturated rings. The summed E-state index contributed by atoms with van der Waals surface area (Å²) in [6.07, 6.45) is 25.7. The largest absolute Gasteiger partial charge is 0.280 e. The Balaban J connectivity index is 1.68. The van der Waals surface area contributed by atoms with E-state index in [9.17, 15) is 0 Å². The summed E-state index contributed by atoms with van der Waals surface area (Å²) in [5.41, 5.74) is 4.45. The zero-order valence-corrected chi connectivity index (χ0v) is 16.7. The molecule has 2 nitrogen and oxygen atoms in total. The van der Waals surface area contributed by atoms with Crippen LogP contribution in [0.5, 0.6) is 0 Å². The lowest BCUT2D eigenvalue weighted by Gasteiger charge is -2.18. The average Bonchev–Trinajstić information content (AvgIpc) is 2.74. The SMILES string of the molecule is CC(/C=C/C1=CCCC=C1)=N/C1C=CC=CC1/N=C(C)\C=C\c1ccccc1. The molecule has 28 heavy (non-hydrogen) atoms. The van der Waals surface area contributed by atoms with Gasteiger partial charge in [-0.25, -0.2) is 0 Å². The molecule has 2 heteroatoms. The molecule has 0 saturated carbocycles. The number of rotatable bonds is 6. The molecule has 2 aliphatic carbocycles. The normalized spacial score (nSPS) is 23.0. The Morgan fingerprint density at radius 3 is 2.11 bits per heavy atom. The summed E-state index contributed by atoms with van der Waals surface area (Å²) in [5.74, 6) is 0. The Morgan fingerprint density at radius 2 is 1.50 bits per heavy atom. The van der Waals surface area contributed by atoms with Crippen LogP contribution < -0.4 is 0 Å². The molecule has 0 N–H and O–H groups in total. The lowest BCUT2D eigenvalue weighted by Crippen LogP contribution is -2.22. The summed E-state index contributed by atoms with van der Waals surface area (Å²) in [6.45, 7) is 4.10. The minimum Gasteiger partial charge on any atom is -0.280 e. The highest BCUT2D eigenvalue weighted by Gasteiger charge is 2.16. The fourth-order valence-corrected chi connectivity index (χ4v) is 3.13. The van der Waals surface area contributed by atoms with E-state index in [0.717, 1.165) is 24.3 Å². The summed E-state index contributed by atoms with van der Waals surface area (Å²) in [6, 6.07) is 10.4. The molecule has 0 spiro atoms. The van der Waals surface area contributed by atoms with Crippen molar-refractivity contribution in [2.75, 3.05) is 0 Å². The predicted octanol–water partition coefficient (Wildman–Crippen LogP) is 6.32. The molecule has 0 amide bonds. The molecule has 2 aliphatic rings. The van der Waals surface area contributed by atoms with Gasteiger partial charge < -0.3 is 0 Å². The first-order valence-electron chi connectivity index (χ1n) is 9.92. The van der Waals surface area contributed by atoms with Crippen LogP contribution in [0.15, 0.2) is 107 Å². The zero-order chi connectivity index (χ0) is 19.6. The van der Waals surface area contributed by atoms with E-state index in [1.54, 1.807) is 0 Å². The van der Waals surface area contributed by atoms with E-state index in [-0.39, 0.29) is 12.1 Å². The van der Waals surface area contributed by atoms with Gasteiger partial charge in [0.15, 0.2) is 0 Å². The number of allylic oxidation sites excluding steroid dienone is 9. The summed E-state index contributed by atoms with van der Waals surface area (Å²) < 4.78 is 0. The van der Waals surface area contributed by atoms with Crippen molar-refractivity contribution in [3.63, 3.8) is 0 Å². The van der Waals surface area contributed by atoms with Gasteiger partial charge in [-0.15, -0.1) is 0 Å². The molecule has 142 valence electrons. The third kappa shape index (κ3) is 6.31. The van der Waals surface area contributed by atoms with Crippen molar-refractivity contribution >= 4 is 17.5 Å². The van der Waals surface area contributed by atoms with E-state index in [1.807, 2.05) is 25.1 Å². The van der Waals surface area contributed by atoms with Crippen molar-refractivity contribution in [3.8, 4) is 0 Å². The van der Waals surface area contributed by atoms with Gasteiger partial charge in [0.2, 0.25) is 0 Å². The second kappa shape index (κ2) is 10.4. The van der Waals surface area contributed by atoms with Gasteiger partial charge in [0.05, 0.1) is 12.1 Å². The predicted molar refractivity (Wildman–Crippen MR) is 123 cm³/mol. The van der Waals surface area contributed by atoms with Crippen molar-refractivity contribution < 1.29 is 0 Å². The summed E-state index contributed by atoms with van der Waals surface area (Å²) >= 11 is 0. The first-order chi connectivity index (χ1) is 13.7.